The number of para-hydroxylation sites is 1. The molecule has 1 amide bonds. The highest BCUT2D eigenvalue weighted by Gasteiger charge is 2.69. The summed E-state index contributed by atoms with van der Waals surface area (Å²) >= 11 is 6.12. The molecule has 0 aromatic heterocycles. The van der Waals surface area contributed by atoms with Crippen molar-refractivity contribution in [1.82, 2.24) is 0 Å². The minimum absolute atomic E-state index is 0.161. The van der Waals surface area contributed by atoms with Gasteiger partial charge in [-0.25, -0.2) is 0 Å². The molecule has 186 valence electrons. The van der Waals surface area contributed by atoms with Crippen molar-refractivity contribution in [3.8, 4) is 0 Å². The lowest BCUT2D eigenvalue weighted by Crippen LogP contribution is -2.51. The first-order valence-electron chi connectivity index (χ1n) is 12.6. The molecule has 7 rings (SSSR count). The SMILES string of the molecule is CC(=O)[C@@H]1[C@H](C(=O)c2ccc(Cl)cc2)[C@]2(C(=O)Nc3ccccc32)[C@H]2C=Cc3c(ccc4ccccc34)N12. The molecule has 1 saturated heterocycles. The van der Waals surface area contributed by atoms with Crippen molar-refractivity contribution in [2.45, 2.75) is 24.4 Å². The van der Waals surface area contributed by atoms with Crippen LogP contribution < -0.4 is 10.2 Å². The van der Waals surface area contributed by atoms with Crippen LogP contribution in [0.4, 0.5) is 11.4 Å². The van der Waals surface area contributed by atoms with Crippen molar-refractivity contribution in [2.24, 2.45) is 5.92 Å². The zero-order valence-corrected chi connectivity index (χ0v) is 21.3. The maximum absolute atomic E-state index is 14.4. The third-order valence-electron chi connectivity index (χ3n) is 8.37. The van der Waals surface area contributed by atoms with Crippen molar-refractivity contribution >= 4 is 57.3 Å². The van der Waals surface area contributed by atoms with Crippen LogP contribution in [0.5, 0.6) is 0 Å². The average Bonchev–Trinajstić information content (AvgIpc) is 3.41. The van der Waals surface area contributed by atoms with E-state index >= 15 is 0 Å². The molecule has 0 aliphatic carbocycles. The number of nitrogens with zero attached hydrogens (tertiary/aromatic N) is 1. The van der Waals surface area contributed by atoms with E-state index in [0.717, 1.165) is 27.6 Å². The molecule has 4 aromatic rings. The van der Waals surface area contributed by atoms with Gasteiger partial charge in [0.15, 0.2) is 11.6 Å². The number of hydrogen-bond donors (Lipinski definition) is 1. The van der Waals surface area contributed by atoms with E-state index in [1.54, 1.807) is 24.3 Å². The van der Waals surface area contributed by atoms with Gasteiger partial charge in [0.25, 0.3) is 0 Å². The molecule has 0 bridgehead atoms. The molecule has 1 N–H and O–H groups in total. The van der Waals surface area contributed by atoms with Gasteiger partial charge in [0.2, 0.25) is 5.91 Å². The van der Waals surface area contributed by atoms with Crippen molar-refractivity contribution in [3.63, 3.8) is 0 Å². The lowest BCUT2D eigenvalue weighted by Gasteiger charge is -2.38. The fraction of sp³-hybridized carbons (Fsp3) is 0.156. The molecule has 3 aliphatic rings. The minimum Gasteiger partial charge on any atom is -0.352 e. The lowest BCUT2D eigenvalue weighted by molar-refractivity contribution is -0.122. The number of Topliss-reactive ketones (excluding diaryl/α,β-unsaturated/α-hetero) is 2. The second kappa shape index (κ2) is 8.14. The molecule has 3 heterocycles. The number of amides is 1. The van der Waals surface area contributed by atoms with Crippen LogP contribution in [0, 0.1) is 5.92 Å². The van der Waals surface area contributed by atoms with Gasteiger partial charge in [-0.2, -0.15) is 0 Å². The van der Waals surface area contributed by atoms with E-state index in [1.807, 2.05) is 65.6 Å². The highest BCUT2D eigenvalue weighted by Crippen LogP contribution is 2.58. The minimum atomic E-state index is -1.29. The van der Waals surface area contributed by atoms with Crippen LogP contribution in [0.25, 0.3) is 16.8 Å². The molecule has 0 unspecified atom stereocenters. The highest BCUT2D eigenvalue weighted by molar-refractivity contribution is 6.30. The van der Waals surface area contributed by atoms with Crippen LogP contribution in [0.1, 0.15) is 28.4 Å². The van der Waals surface area contributed by atoms with Gasteiger partial charge in [-0.05, 0) is 59.7 Å². The predicted octanol–water partition coefficient (Wildman–Crippen LogP) is 6.06. The molecule has 1 fully saturated rings. The van der Waals surface area contributed by atoms with Crippen molar-refractivity contribution < 1.29 is 14.4 Å². The van der Waals surface area contributed by atoms with Gasteiger partial charge < -0.3 is 10.2 Å². The number of anilines is 2. The van der Waals surface area contributed by atoms with Crippen molar-refractivity contribution in [1.29, 1.82) is 0 Å². The van der Waals surface area contributed by atoms with Crippen molar-refractivity contribution in [3.05, 3.63) is 113 Å². The highest BCUT2D eigenvalue weighted by atomic mass is 35.5. The largest absolute Gasteiger partial charge is 0.352 e. The first-order valence-corrected chi connectivity index (χ1v) is 13.0. The molecule has 5 nitrogen and oxygen atoms in total. The van der Waals surface area contributed by atoms with Crippen LogP contribution in [0.3, 0.4) is 0 Å². The summed E-state index contributed by atoms with van der Waals surface area (Å²) in [5, 5.41) is 5.69. The zero-order valence-electron chi connectivity index (χ0n) is 20.5. The molecular weight excluding hydrogens is 496 g/mol. The molecule has 6 heteroatoms. The maximum atomic E-state index is 14.4. The molecular formula is C32H23ClN2O3. The van der Waals surface area contributed by atoms with Gasteiger partial charge in [-0.1, -0.05) is 72.3 Å². The summed E-state index contributed by atoms with van der Waals surface area (Å²) in [5.74, 6) is -1.62. The Hall–Kier alpha value is -4.22. The van der Waals surface area contributed by atoms with E-state index in [4.69, 9.17) is 11.6 Å². The van der Waals surface area contributed by atoms with E-state index in [-0.39, 0.29) is 17.5 Å². The number of rotatable bonds is 3. The Morgan fingerprint density at radius 1 is 0.921 bits per heavy atom. The zero-order chi connectivity index (χ0) is 26.2. The molecule has 4 aromatic carbocycles. The number of carbonyl (C=O) groups excluding carboxylic acids is 3. The normalized spacial score (nSPS) is 24.7. The summed E-state index contributed by atoms with van der Waals surface area (Å²) in [5.41, 5.74) is 2.37. The number of ketones is 2. The second-order valence-electron chi connectivity index (χ2n) is 10.2. The van der Waals surface area contributed by atoms with Crippen LogP contribution in [-0.2, 0) is 15.0 Å². The first kappa shape index (κ1) is 22.9. The van der Waals surface area contributed by atoms with Gasteiger partial charge in [-0.3, -0.25) is 14.4 Å². The Morgan fingerprint density at radius 3 is 2.45 bits per heavy atom. The monoisotopic (exact) mass is 518 g/mol. The number of hydrogen-bond acceptors (Lipinski definition) is 4. The van der Waals surface area contributed by atoms with E-state index < -0.39 is 23.4 Å². The van der Waals surface area contributed by atoms with E-state index in [0.29, 0.717) is 16.3 Å². The fourth-order valence-corrected chi connectivity index (χ4v) is 7.01. The maximum Gasteiger partial charge on any atom is 0.238 e. The Morgan fingerprint density at radius 2 is 1.66 bits per heavy atom. The molecule has 38 heavy (non-hydrogen) atoms. The topological polar surface area (TPSA) is 66.5 Å². The third kappa shape index (κ3) is 2.91. The number of fused-ring (bicyclic) bond motifs is 8. The van der Waals surface area contributed by atoms with Gasteiger partial charge in [-0.15, -0.1) is 0 Å². The summed E-state index contributed by atoms with van der Waals surface area (Å²) in [7, 11) is 0. The Bertz CT molecular complexity index is 1710. The van der Waals surface area contributed by atoms with Gasteiger partial charge in [0.05, 0.1) is 18.0 Å². The first-order chi connectivity index (χ1) is 18.4. The third-order valence-corrected chi connectivity index (χ3v) is 8.62. The van der Waals surface area contributed by atoms with Crippen LogP contribution >= 0.6 is 11.6 Å². The molecule has 4 atom stereocenters. The second-order valence-corrected chi connectivity index (χ2v) is 10.6. The summed E-state index contributed by atoms with van der Waals surface area (Å²) in [6, 6.07) is 24.9. The number of carbonyl (C=O) groups is 3. The van der Waals surface area contributed by atoms with Crippen LogP contribution in [-0.4, -0.2) is 29.6 Å². The van der Waals surface area contributed by atoms with E-state index in [9.17, 15) is 14.4 Å². The quantitative estimate of drug-likeness (QED) is 0.335. The average molecular weight is 519 g/mol. The summed E-state index contributed by atoms with van der Waals surface area (Å²) < 4.78 is 0. The predicted molar refractivity (Wildman–Crippen MR) is 150 cm³/mol. The van der Waals surface area contributed by atoms with Crippen LogP contribution in [0.15, 0.2) is 91.0 Å². The molecule has 0 saturated carbocycles. The van der Waals surface area contributed by atoms with Crippen LogP contribution in [0.2, 0.25) is 5.02 Å². The van der Waals surface area contributed by atoms with E-state index in [1.165, 1.54) is 6.92 Å². The van der Waals surface area contributed by atoms with Gasteiger partial charge in [0, 0.05) is 27.5 Å². The number of nitrogens with one attached hydrogen (secondary N) is 1. The molecule has 3 aliphatic heterocycles. The lowest BCUT2D eigenvalue weighted by atomic mass is 9.64. The standard InChI is InChI=1S/C32H23ClN2O3/c1-18(36)29-28(30(37)20-10-13-21(33)14-11-20)32(24-8-4-5-9-25(24)34-31(32)38)27-17-15-23-22-7-3-2-6-19(22)12-16-26(23)35(27)29/h2-17,27-29H,1H3,(H,34,38)/t27-,28-,29-,32-/m1/s1. The smallest absolute Gasteiger partial charge is 0.238 e. The summed E-state index contributed by atoms with van der Waals surface area (Å²) in [6.07, 6.45) is 4.04. The van der Waals surface area contributed by atoms with E-state index in [2.05, 4.69) is 17.4 Å². The fourth-order valence-electron chi connectivity index (χ4n) is 6.88. The number of halogens is 1. The Labute approximate surface area is 224 Å². The molecule has 1 spiro atoms. The summed E-state index contributed by atoms with van der Waals surface area (Å²) in [4.78, 5) is 44.2. The Kier molecular flexibility index (Phi) is 4.91. The van der Waals surface area contributed by atoms with Gasteiger partial charge >= 0.3 is 0 Å². The Balaban J connectivity index is 1.53. The molecule has 0 radical (unpaired) electrons. The van der Waals surface area contributed by atoms with Gasteiger partial charge in [0.1, 0.15) is 5.41 Å². The van der Waals surface area contributed by atoms with Crippen molar-refractivity contribution in [2.75, 3.05) is 10.2 Å². The number of benzene rings is 4. The summed E-state index contributed by atoms with van der Waals surface area (Å²) in [6.45, 7) is 1.51.